The Morgan fingerprint density at radius 3 is 2.06 bits per heavy atom. The first kappa shape index (κ1) is 17.1. The second-order valence-corrected chi connectivity index (χ2v) is 4.75. The van der Waals surface area contributed by atoms with Gasteiger partial charge in [-0.15, -0.1) is 9.24 Å². The molecule has 0 heterocycles. The summed E-state index contributed by atoms with van der Waals surface area (Å²) in [5.41, 5.74) is 0. The van der Waals surface area contributed by atoms with Crippen molar-refractivity contribution in [3.8, 4) is 0 Å². The highest BCUT2D eigenvalue weighted by Crippen LogP contribution is 2.04. The van der Waals surface area contributed by atoms with Gasteiger partial charge in [-0.1, -0.05) is 32.8 Å². The van der Waals surface area contributed by atoms with Gasteiger partial charge in [0.05, 0.1) is 13.2 Å². The Labute approximate surface area is 109 Å². The van der Waals surface area contributed by atoms with Crippen LogP contribution in [0.3, 0.4) is 0 Å². The summed E-state index contributed by atoms with van der Waals surface area (Å²) in [4.78, 5) is 0. The summed E-state index contributed by atoms with van der Waals surface area (Å²) in [7, 11) is 2.75. The van der Waals surface area contributed by atoms with Crippen molar-refractivity contribution in [2.75, 3.05) is 19.4 Å². The van der Waals surface area contributed by atoms with E-state index in [1.807, 2.05) is 0 Å². The van der Waals surface area contributed by atoms with Crippen molar-refractivity contribution in [3.63, 3.8) is 0 Å². The molecule has 0 aliphatic heterocycles. The molecule has 1 unspecified atom stereocenters. The Hall–Kier alpha value is 0.0900. The van der Waals surface area contributed by atoms with Gasteiger partial charge in [-0.25, -0.2) is 0 Å². The molecule has 0 saturated heterocycles. The fourth-order valence-electron chi connectivity index (χ4n) is 1.29. The smallest absolute Gasteiger partial charge is 0.176 e. The predicted molar refractivity (Wildman–Crippen MR) is 78.5 cm³/mol. The second kappa shape index (κ2) is 14.2. The van der Waals surface area contributed by atoms with E-state index in [4.69, 9.17) is 9.47 Å². The molecule has 102 valence electrons. The third-order valence-corrected chi connectivity index (χ3v) is 2.84. The van der Waals surface area contributed by atoms with Crippen molar-refractivity contribution in [1.82, 2.24) is 0 Å². The molecule has 17 heavy (non-hydrogen) atoms. The minimum Gasteiger partial charge on any atom is -0.349 e. The molecule has 0 aromatic rings. The lowest BCUT2D eigenvalue weighted by molar-refractivity contribution is -0.112. The summed E-state index contributed by atoms with van der Waals surface area (Å²) in [5, 5.41) is 0. The molecular formula is C14H29O2P. The summed E-state index contributed by atoms with van der Waals surface area (Å²) in [6, 6.07) is 0. The molecule has 2 nitrogen and oxygen atoms in total. The fourth-order valence-corrected chi connectivity index (χ4v) is 1.53. The molecule has 1 atom stereocenters. The molecule has 0 saturated carbocycles. The average molecular weight is 260 g/mol. The number of allylic oxidation sites excluding steroid dienone is 1. The van der Waals surface area contributed by atoms with E-state index >= 15 is 0 Å². The normalized spacial score (nSPS) is 11.8. The zero-order chi connectivity index (χ0) is 12.8. The predicted octanol–water partition coefficient (Wildman–Crippen LogP) is 4.16. The molecule has 0 aliphatic carbocycles. The Kier molecular flexibility index (Phi) is 14.2. The Balaban J connectivity index is 3.78. The van der Waals surface area contributed by atoms with Gasteiger partial charge < -0.3 is 9.47 Å². The van der Waals surface area contributed by atoms with E-state index in [2.05, 4.69) is 35.2 Å². The molecule has 0 fully saturated rings. The molecule has 0 aromatic carbocycles. The van der Waals surface area contributed by atoms with Crippen molar-refractivity contribution >= 4 is 9.24 Å². The van der Waals surface area contributed by atoms with Crippen LogP contribution in [0, 0.1) is 0 Å². The number of hydrogen-bond donors (Lipinski definition) is 0. The van der Waals surface area contributed by atoms with Crippen LogP contribution in [-0.4, -0.2) is 25.7 Å². The van der Waals surface area contributed by atoms with Crippen molar-refractivity contribution in [2.24, 2.45) is 0 Å². The zero-order valence-electron chi connectivity index (χ0n) is 11.5. The SMILES string of the molecule is CCCCOC(/C=C\CCCP)OCCCC. The summed E-state index contributed by atoms with van der Waals surface area (Å²) in [6.07, 6.45) is 12.1. The van der Waals surface area contributed by atoms with Crippen LogP contribution in [-0.2, 0) is 9.47 Å². The van der Waals surface area contributed by atoms with Crippen LogP contribution in [0.25, 0.3) is 0 Å². The maximum absolute atomic E-state index is 5.70. The maximum atomic E-state index is 5.70. The van der Waals surface area contributed by atoms with E-state index in [9.17, 15) is 0 Å². The molecule has 0 spiro atoms. The van der Waals surface area contributed by atoms with Crippen molar-refractivity contribution < 1.29 is 9.47 Å². The highest BCUT2D eigenvalue weighted by Gasteiger charge is 2.03. The third-order valence-electron chi connectivity index (χ3n) is 2.43. The zero-order valence-corrected chi connectivity index (χ0v) is 12.6. The highest BCUT2D eigenvalue weighted by atomic mass is 31.0. The summed E-state index contributed by atoms with van der Waals surface area (Å²) in [6.45, 7) is 5.93. The van der Waals surface area contributed by atoms with E-state index in [-0.39, 0.29) is 6.29 Å². The average Bonchev–Trinajstić information content (AvgIpc) is 2.34. The quantitative estimate of drug-likeness (QED) is 0.227. The van der Waals surface area contributed by atoms with Gasteiger partial charge in [0.25, 0.3) is 0 Å². The van der Waals surface area contributed by atoms with Crippen LogP contribution in [0.4, 0.5) is 0 Å². The van der Waals surface area contributed by atoms with Crippen molar-refractivity contribution in [1.29, 1.82) is 0 Å². The number of hydrogen-bond acceptors (Lipinski definition) is 2. The van der Waals surface area contributed by atoms with Gasteiger partial charge in [-0.05, 0) is 37.9 Å². The molecule has 0 bridgehead atoms. The lowest BCUT2D eigenvalue weighted by atomic mass is 10.3. The summed E-state index contributed by atoms with van der Waals surface area (Å²) < 4.78 is 11.4. The van der Waals surface area contributed by atoms with Crippen LogP contribution in [0.2, 0.25) is 0 Å². The topological polar surface area (TPSA) is 18.5 Å². The van der Waals surface area contributed by atoms with Crippen LogP contribution in [0.1, 0.15) is 52.4 Å². The molecule has 0 amide bonds. The molecule has 0 rings (SSSR count). The van der Waals surface area contributed by atoms with Gasteiger partial charge in [-0.2, -0.15) is 0 Å². The lowest BCUT2D eigenvalue weighted by Gasteiger charge is -2.15. The fraction of sp³-hybridized carbons (Fsp3) is 0.857. The minimum atomic E-state index is -0.141. The first-order valence-corrected chi connectivity index (χ1v) is 7.76. The summed E-state index contributed by atoms with van der Waals surface area (Å²) in [5.74, 6) is 0. The minimum absolute atomic E-state index is 0.141. The third kappa shape index (κ3) is 12.3. The highest BCUT2D eigenvalue weighted by molar-refractivity contribution is 7.16. The largest absolute Gasteiger partial charge is 0.349 e. The first-order chi connectivity index (χ1) is 8.35. The van der Waals surface area contributed by atoms with Crippen LogP contribution in [0.5, 0.6) is 0 Å². The van der Waals surface area contributed by atoms with Crippen LogP contribution < -0.4 is 0 Å². The van der Waals surface area contributed by atoms with Gasteiger partial charge in [0, 0.05) is 0 Å². The summed E-state index contributed by atoms with van der Waals surface area (Å²) >= 11 is 0. The van der Waals surface area contributed by atoms with E-state index in [1.54, 1.807) is 0 Å². The van der Waals surface area contributed by atoms with E-state index < -0.39 is 0 Å². The molecule has 0 aromatic heterocycles. The van der Waals surface area contributed by atoms with Gasteiger partial charge >= 0.3 is 0 Å². The van der Waals surface area contributed by atoms with Crippen molar-refractivity contribution in [2.45, 2.75) is 58.7 Å². The molecule has 0 N–H and O–H groups in total. The van der Waals surface area contributed by atoms with Gasteiger partial charge in [0.1, 0.15) is 0 Å². The van der Waals surface area contributed by atoms with Crippen LogP contribution in [0.15, 0.2) is 12.2 Å². The Bertz CT molecular complexity index is 162. The standard InChI is InChI=1S/C14H29O2P/c1-3-5-11-15-14(16-12-6-4-2)10-8-7-9-13-17/h8,10,14H,3-7,9,11-13,17H2,1-2H3/b10-8-. The Morgan fingerprint density at radius 1 is 1.00 bits per heavy atom. The van der Waals surface area contributed by atoms with E-state index in [0.717, 1.165) is 38.6 Å². The molecule has 0 aliphatic rings. The number of ether oxygens (including phenoxy) is 2. The Morgan fingerprint density at radius 2 is 1.59 bits per heavy atom. The maximum Gasteiger partial charge on any atom is 0.176 e. The number of unbranched alkanes of at least 4 members (excludes halogenated alkanes) is 3. The second-order valence-electron chi connectivity index (χ2n) is 4.18. The lowest BCUT2D eigenvalue weighted by Crippen LogP contribution is -2.16. The van der Waals surface area contributed by atoms with Crippen molar-refractivity contribution in [3.05, 3.63) is 12.2 Å². The molecular weight excluding hydrogens is 231 g/mol. The van der Waals surface area contributed by atoms with E-state index in [1.165, 1.54) is 19.3 Å². The monoisotopic (exact) mass is 260 g/mol. The molecule has 0 radical (unpaired) electrons. The van der Waals surface area contributed by atoms with Crippen LogP contribution >= 0.6 is 9.24 Å². The van der Waals surface area contributed by atoms with Gasteiger partial charge in [0.15, 0.2) is 6.29 Å². The first-order valence-electron chi connectivity index (χ1n) is 6.95. The van der Waals surface area contributed by atoms with Gasteiger partial charge in [0.2, 0.25) is 0 Å². The van der Waals surface area contributed by atoms with Gasteiger partial charge in [-0.3, -0.25) is 0 Å². The number of rotatable bonds is 12. The molecule has 3 heteroatoms. The van der Waals surface area contributed by atoms with E-state index in [0.29, 0.717) is 0 Å².